The van der Waals surface area contributed by atoms with Crippen LogP contribution in [0, 0.1) is 0 Å². The van der Waals surface area contributed by atoms with E-state index in [2.05, 4.69) is 26.8 Å². The van der Waals surface area contributed by atoms with Crippen LogP contribution in [0.4, 0.5) is 0 Å². The summed E-state index contributed by atoms with van der Waals surface area (Å²) < 4.78 is 0. The van der Waals surface area contributed by atoms with Crippen molar-refractivity contribution < 1.29 is 0 Å². The second-order valence-corrected chi connectivity index (χ2v) is 7.16. The number of aromatic nitrogens is 2. The van der Waals surface area contributed by atoms with Crippen LogP contribution in [0.1, 0.15) is 115 Å². The molecular formula is C22H40N2. The van der Waals surface area contributed by atoms with Crippen molar-refractivity contribution in [2.45, 2.75) is 117 Å². The summed E-state index contributed by atoms with van der Waals surface area (Å²) in [6.07, 6.45) is 19.4. The van der Waals surface area contributed by atoms with Crippen molar-refractivity contribution in [3.05, 3.63) is 23.3 Å². The highest BCUT2D eigenvalue weighted by Crippen LogP contribution is 2.13. The minimum atomic E-state index is 0.952. The van der Waals surface area contributed by atoms with Crippen LogP contribution in [0.3, 0.4) is 0 Å². The van der Waals surface area contributed by atoms with Gasteiger partial charge in [-0.05, 0) is 31.7 Å². The summed E-state index contributed by atoms with van der Waals surface area (Å²) in [5, 5.41) is 0. The lowest BCUT2D eigenvalue weighted by Crippen LogP contribution is -2.03. The van der Waals surface area contributed by atoms with Crippen molar-refractivity contribution in [2.75, 3.05) is 0 Å². The number of nitrogens with zero attached hydrogens (tertiary/aromatic N) is 2. The molecule has 0 aromatic carbocycles. The van der Waals surface area contributed by atoms with Gasteiger partial charge in [-0.3, -0.25) is 0 Å². The highest BCUT2D eigenvalue weighted by molar-refractivity contribution is 5.12. The zero-order chi connectivity index (χ0) is 17.5. The van der Waals surface area contributed by atoms with Gasteiger partial charge in [-0.15, -0.1) is 0 Å². The molecule has 0 spiro atoms. The Morgan fingerprint density at radius 2 is 1.00 bits per heavy atom. The molecule has 0 aliphatic carbocycles. The lowest BCUT2D eigenvalue weighted by Gasteiger charge is -2.08. The fourth-order valence-electron chi connectivity index (χ4n) is 3.20. The molecule has 0 amide bonds. The SMILES string of the molecule is CCCCCCCCc1cc(CCCCCCCC)nc(CC)n1. The zero-order valence-electron chi connectivity index (χ0n) is 16.6. The van der Waals surface area contributed by atoms with E-state index in [1.165, 1.54) is 88.4 Å². The number of unbranched alkanes of at least 4 members (excludes halogenated alkanes) is 10. The van der Waals surface area contributed by atoms with E-state index < -0.39 is 0 Å². The molecule has 138 valence electrons. The third-order valence-electron chi connectivity index (χ3n) is 4.77. The van der Waals surface area contributed by atoms with Crippen molar-refractivity contribution in [3.8, 4) is 0 Å². The summed E-state index contributed by atoms with van der Waals surface area (Å²) in [4.78, 5) is 9.49. The Hall–Kier alpha value is -0.920. The molecule has 0 radical (unpaired) electrons. The first kappa shape index (κ1) is 21.1. The van der Waals surface area contributed by atoms with E-state index in [0.29, 0.717) is 0 Å². The third-order valence-corrected chi connectivity index (χ3v) is 4.77. The van der Waals surface area contributed by atoms with Crippen LogP contribution in [-0.2, 0) is 19.3 Å². The molecule has 1 aromatic rings. The van der Waals surface area contributed by atoms with E-state index in [-0.39, 0.29) is 0 Å². The maximum absolute atomic E-state index is 4.74. The Bertz CT molecular complexity index is 380. The fraction of sp³-hybridized carbons (Fsp3) is 0.818. The second kappa shape index (κ2) is 14.4. The quantitative estimate of drug-likeness (QED) is 0.328. The molecule has 0 fully saturated rings. The molecule has 0 atom stereocenters. The molecule has 0 unspecified atom stereocenters. The third kappa shape index (κ3) is 10.1. The van der Waals surface area contributed by atoms with Crippen LogP contribution >= 0.6 is 0 Å². The number of hydrogen-bond acceptors (Lipinski definition) is 2. The van der Waals surface area contributed by atoms with Crippen LogP contribution in [-0.4, -0.2) is 9.97 Å². The highest BCUT2D eigenvalue weighted by Gasteiger charge is 2.04. The minimum Gasteiger partial charge on any atom is -0.238 e. The van der Waals surface area contributed by atoms with Crippen LogP contribution in [0.25, 0.3) is 0 Å². The first-order chi connectivity index (χ1) is 11.8. The first-order valence-electron chi connectivity index (χ1n) is 10.7. The molecule has 1 heterocycles. The maximum Gasteiger partial charge on any atom is 0.128 e. The van der Waals surface area contributed by atoms with Gasteiger partial charge in [0.1, 0.15) is 5.82 Å². The first-order valence-corrected chi connectivity index (χ1v) is 10.7. The topological polar surface area (TPSA) is 25.8 Å². The molecular weight excluding hydrogens is 292 g/mol. The van der Waals surface area contributed by atoms with Gasteiger partial charge in [0.15, 0.2) is 0 Å². The summed E-state index contributed by atoms with van der Waals surface area (Å²) in [5.74, 6) is 1.04. The molecule has 0 N–H and O–H groups in total. The largest absolute Gasteiger partial charge is 0.238 e. The van der Waals surface area contributed by atoms with E-state index in [4.69, 9.17) is 9.97 Å². The minimum absolute atomic E-state index is 0.952. The van der Waals surface area contributed by atoms with Crippen molar-refractivity contribution in [2.24, 2.45) is 0 Å². The number of aryl methyl sites for hydroxylation is 3. The van der Waals surface area contributed by atoms with Crippen molar-refractivity contribution in [1.82, 2.24) is 9.97 Å². The van der Waals surface area contributed by atoms with Crippen molar-refractivity contribution in [3.63, 3.8) is 0 Å². The Morgan fingerprint density at radius 1 is 0.583 bits per heavy atom. The molecule has 2 nitrogen and oxygen atoms in total. The molecule has 2 heteroatoms. The Morgan fingerprint density at radius 3 is 1.42 bits per heavy atom. The van der Waals surface area contributed by atoms with Crippen molar-refractivity contribution in [1.29, 1.82) is 0 Å². The zero-order valence-corrected chi connectivity index (χ0v) is 16.6. The molecule has 0 bridgehead atoms. The lowest BCUT2D eigenvalue weighted by molar-refractivity contribution is 0.597. The predicted molar refractivity (Wildman–Crippen MR) is 106 cm³/mol. The standard InChI is InChI=1S/C22H40N2/c1-4-7-9-11-13-15-17-20-19-21(24-22(6-3)23-20)18-16-14-12-10-8-5-2/h19H,4-18H2,1-3H3. The smallest absolute Gasteiger partial charge is 0.128 e. The van der Waals surface area contributed by atoms with E-state index in [9.17, 15) is 0 Å². The van der Waals surface area contributed by atoms with E-state index in [1.807, 2.05) is 0 Å². The molecule has 1 rings (SSSR count). The molecule has 1 aromatic heterocycles. The Kier molecular flexibility index (Phi) is 12.7. The van der Waals surface area contributed by atoms with Gasteiger partial charge >= 0.3 is 0 Å². The fourth-order valence-corrected chi connectivity index (χ4v) is 3.20. The monoisotopic (exact) mass is 332 g/mol. The average molecular weight is 333 g/mol. The predicted octanol–water partition coefficient (Wildman–Crippen LogP) is 6.85. The van der Waals surface area contributed by atoms with E-state index >= 15 is 0 Å². The summed E-state index contributed by atoms with van der Waals surface area (Å²) in [6.45, 7) is 6.72. The Labute approximate surface area is 150 Å². The normalized spacial score (nSPS) is 11.1. The maximum atomic E-state index is 4.74. The van der Waals surface area contributed by atoms with Gasteiger partial charge < -0.3 is 0 Å². The second-order valence-electron chi connectivity index (χ2n) is 7.16. The van der Waals surface area contributed by atoms with Gasteiger partial charge in [-0.2, -0.15) is 0 Å². The van der Waals surface area contributed by atoms with Gasteiger partial charge in [0.05, 0.1) is 0 Å². The van der Waals surface area contributed by atoms with Crippen LogP contribution in [0.15, 0.2) is 6.07 Å². The number of hydrogen-bond donors (Lipinski definition) is 0. The van der Waals surface area contributed by atoms with Gasteiger partial charge in [-0.1, -0.05) is 85.0 Å². The average Bonchev–Trinajstić information content (AvgIpc) is 2.61. The van der Waals surface area contributed by atoms with Gasteiger partial charge in [0.25, 0.3) is 0 Å². The van der Waals surface area contributed by atoms with Crippen LogP contribution in [0.2, 0.25) is 0 Å². The van der Waals surface area contributed by atoms with Gasteiger partial charge in [0, 0.05) is 17.8 Å². The molecule has 0 aliphatic heterocycles. The summed E-state index contributed by atoms with van der Waals surface area (Å²) >= 11 is 0. The van der Waals surface area contributed by atoms with Gasteiger partial charge in [-0.25, -0.2) is 9.97 Å². The molecule has 0 saturated carbocycles. The summed E-state index contributed by atoms with van der Waals surface area (Å²) in [6, 6.07) is 2.28. The van der Waals surface area contributed by atoms with Crippen LogP contribution in [0.5, 0.6) is 0 Å². The van der Waals surface area contributed by atoms with E-state index in [1.54, 1.807) is 0 Å². The number of rotatable bonds is 15. The van der Waals surface area contributed by atoms with Crippen LogP contribution < -0.4 is 0 Å². The summed E-state index contributed by atoms with van der Waals surface area (Å²) in [7, 11) is 0. The van der Waals surface area contributed by atoms with Crippen molar-refractivity contribution >= 4 is 0 Å². The lowest BCUT2D eigenvalue weighted by atomic mass is 10.1. The highest BCUT2D eigenvalue weighted by atomic mass is 14.9. The molecule has 0 aliphatic rings. The molecule has 0 saturated heterocycles. The summed E-state index contributed by atoms with van der Waals surface area (Å²) in [5.41, 5.74) is 2.55. The van der Waals surface area contributed by atoms with Gasteiger partial charge in [0.2, 0.25) is 0 Å². The molecule has 24 heavy (non-hydrogen) atoms. The van der Waals surface area contributed by atoms with E-state index in [0.717, 1.165) is 25.1 Å². The Balaban J connectivity index is 2.34.